The first kappa shape index (κ1) is 23.4. The number of benzene rings is 4. The van der Waals surface area contributed by atoms with Gasteiger partial charge in [-0.3, -0.25) is 9.59 Å². The number of nitrogens with one attached hydrogen (secondary N) is 2. The molecule has 5 rings (SSSR count). The Hall–Kier alpha value is -4.30. The molecule has 0 fully saturated rings. The molecule has 1 atom stereocenters. The minimum absolute atomic E-state index is 0.0409. The molecule has 1 heterocycles. The lowest BCUT2D eigenvalue weighted by Gasteiger charge is -2.18. The summed E-state index contributed by atoms with van der Waals surface area (Å²) in [6.07, 6.45) is 0. The van der Waals surface area contributed by atoms with Gasteiger partial charge in [-0.15, -0.1) is 11.8 Å². The van der Waals surface area contributed by atoms with Gasteiger partial charge in [-0.25, -0.2) is 4.39 Å². The number of thioether (sulfide) groups is 1. The predicted molar refractivity (Wildman–Crippen MR) is 137 cm³/mol. The molecule has 6 nitrogen and oxygen atoms in total. The summed E-state index contributed by atoms with van der Waals surface area (Å²) in [5.41, 5.74) is 1.87. The van der Waals surface area contributed by atoms with Gasteiger partial charge in [-0.05, 0) is 48.0 Å². The monoisotopic (exact) mass is 500 g/mol. The Morgan fingerprint density at radius 3 is 2.36 bits per heavy atom. The molecule has 1 aliphatic rings. The van der Waals surface area contributed by atoms with Gasteiger partial charge in [0.05, 0.1) is 5.56 Å². The maximum absolute atomic E-state index is 14.0. The third kappa shape index (κ3) is 5.34. The van der Waals surface area contributed by atoms with E-state index >= 15 is 0 Å². The van der Waals surface area contributed by atoms with Gasteiger partial charge in [-0.2, -0.15) is 0 Å². The summed E-state index contributed by atoms with van der Waals surface area (Å²) in [5.74, 6) is -0.141. The van der Waals surface area contributed by atoms with Crippen LogP contribution in [0.15, 0.2) is 102 Å². The molecule has 0 aliphatic carbocycles. The van der Waals surface area contributed by atoms with E-state index in [0.29, 0.717) is 22.9 Å². The Morgan fingerprint density at radius 2 is 1.53 bits per heavy atom. The number of ether oxygens (including phenoxy) is 2. The average molecular weight is 501 g/mol. The lowest BCUT2D eigenvalue weighted by Crippen LogP contribution is -2.19. The highest BCUT2D eigenvalue weighted by atomic mass is 32.2. The number of halogens is 1. The van der Waals surface area contributed by atoms with Crippen molar-refractivity contribution < 1.29 is 23.5 Å². The number of fused-ring (bicyclic) bond motifs is 1. The average Bonchev–Trinajstić information content (AvgIpc) is 3.36. The number of hydrogen-bond acceptors (Lipinski definition) is 5. The first-order valence-corrected chi connectivity index (χ1v) is 12.0. The van der Waals surface area contributed by atoms with Crippen molar-refractivity contribution in [3.8, 4) is 11.5 Å². The van der Waals surface area contributed by atoms with Gasteiger partial charge in [0.15, 0.2) is 11.5 Å². The number of amides is 2. The standard InChI is InChI=1S/C28H21FN2O4S/c29-23-12-5-4-11-22(23)27(32)30-19-9-6-10-21(15-19)36-26(18-7-2-1-3-8-18)28(33)31-20-13-14-24-25(16-20)35-17-34-24/h1-16,26H,17H2,(H,30,32)(H,31,33). The highest BCUT2D eigenvalue weighted by molar-refractivity contribution is 8.00. The van der Waals surface area contributed by atoms with Crippen LogP contribution in [0.4, 0.5) is 15.8 Å². The van der Waals surface area contributed by atoms with Gasteiger partial charge < -0.3 is 20.1 Å². The second-order valence-electron chi connectivity index (χ2n) is 7.93. The Balaban J connectivity index is 1.35. The Labute approximate surface area is 211 Å². The fourth-order valence-electron chi connectivity index (χ4n) is 3.71. The number of rotatable bonds is 7. The third-order valence-corrected chi connectivity index (χ3v) is 6.69. The van der Waals surface area contributed by atoms with Crippen LogP contribution in [0.1, 0.15) is 21.2 Å². The molecule has 0 bridgehead atoms. The topological polar surface area (TPSA) is 76.7 Å². The second-order valence-corrected chi connectivity index (χ2v) is 9.11. The first-order chi connectivity index (χ1) is 17.6. The molecule has 180 valence electrons. The molecular weight excluding hydrogens is 479 g/mol. The molecule has 36 heavy (non-hydrogen) atoms. The molecule has 0 saturated heterocycles. The highest BCUT2D eigenvalue weighted by Gasteiger charge is 2.23. The quantitative estimate of drug-likeness (QED) is 0.292. The van der Waals surface area contributed by atoms with Gasteiger partial charge in [-0.1, -0.05) is 48.5 Å². The van der Waals surface area contributed by atoms with Gasteiger partial charge in [0.1, 0.15) is 11.1 Å². The van der Waals surface area contributed by atoms with E-state index in [4.69, 9.17) is 9.47 Å². The van der Waals surface area contributed by atoms with Crippen molar-refractivity contribution in [2.45, 2.75) is 10.1 Å². The Morgan fingerprint density at radius 1 is 0.778 bits per heavy atom. The van der Waals surface area contributed by atoms with Crippen LogP contribution in [0, 0.1) is 5.82 Å². The van der Waals surface area contributed by atoms with Crippen LogP contribution in [0.5, 0.6) is 11.5 Å². The third-order valence-electron chi connectivity index (χ3n) is 5.44. The summed E-state index contributed by atoms with van der Waals surface area (Å²) >= 11 is 1.34. The van der Waals surface area contributed by atoms with Crippen molar-refractivity contribution in [3.63, 3.8) is 0 Å². The summed E-state index contributed by atoms with van der Waals surface area (Å²) in [6.45, 7) is 0.152. The Kier molecular flexibility index (Phi) is 6.86. The van der Waals surface area contributed by atoms with Crippen molar-refractivity contribution in [2.24, 2.45) is 0 Å². The predicted octanol–water partition coefficient (Wildman–Crippen LogP) is 6.28. The summed E-state index contributed by atoms with van der Waals surface area (Å²) in [6, 6.07) is 27.6. The minimum atomic E-state index is -0.593. The zero-order valence-electron chi connectivity index (χ0n) is 18.9. The SMILES string of the molecule is O=C(Nc1cccc(SC(C(=O)Nc2ccc3c(c2)OCO3)c2ccccc2)c1)c1ccccc1F. The first-order valence-electron chi connectivity index (χ1n) is 11.1. The van der Waals surface area contributed by atoms with Gasteiger partial charge in [0.2, 0.25) is 12.7 Å². The molecule has 1 unspecified atom stereocenters. The van der Waals surface area contributed by atoms with Crippen molar-refractivity contribution in [1.29, 1.82) is 0 Å². The van der Waals surface area contributed by atoms with Crippen LogP contribution in [0.3, 0.4) is 0 Å². The highest BCUT2D eigenvalue weighted by Crippen LogP contribution is 2.39. The molecule has 2 amide bonds. The van der Waals surface area contributed by atoms with Crippen molar-refractivity contribution in [2.75, 3.05) is 17.4 Å². The van der Waals surface area contributed by atoms with Crippen LogP contribution < -0.4 is 20.1 Å². The van der Waals surface area contributed by atoms with Gasteiger partial charge in [0, 0.05) is 22.3 Å². The zero-order chi connectivity index (χ0) is 24.9. The second kappa shape index (κ2) is 10.5. The molecule has 0 aromatic heterocycles. The number of anilines is 2. The van der Waals surface area contributed by atoms with E-state index in [2.05, 4.69) is 10.6 Å². The lowest BCUT2D eigenvalue weighted by atomic mass is 10.1. The van der Waals surface area contributed by atoms with Crippen LogP contribution in [0.25, 0.3) is 0 Å². The number of carbonyl (C=O) groups excluding carboxylic acids is 2. The lowest BCUT2D eigenvalue weighted by molar-refractivity contribution is -0.115. The molecule has 2 N–H and O–H groups in total. The van der Waals surface area contributed by atoms with Crippen LogP contribution in [0.2, 0.25) is 0 Å². The zero-order valence-corrected chi connectivity index (χ0v) is 19.8. The van der Waals surface area contributed by atoms with Gasteiger partial charge in [0.25, 0.3) is 5.91 Å². The number of hydrogen-bond donors (Lipinski definition) is 2. The van der Waals surface area contributed by atoms with E-state index in [1.54, 1.807) is 42.5 Å². The van der Waals surface area contributed by atoms with E-state index in [0.717, 1.165) is 10.5 Å². The van der Waals surface area contributed by atoms with Gasteiger partial charge >= 0.3 is 0 Å². The van der Waals surface area contributed by atoms with E-state index in [-0.39, 0.29) is 18.3 Å². The molecule has 1 aliphatic heterocycles. The maximum atomic E-state index is 14.0. The molecule has 0 radical (unpaired) electrons. The summed E-state index contributed by atoms with van der Waals surface area (Å²) in [7, 11) is 0. The van der Waals surface area contributed by atoms with E-state index in [1.165, 1.54) is 30.0 Å². The van der Waals surface area contributed by atoms with Crippen LogP contribution in [-0.4, -0.2) is 18.6 Å². The number of carbonyl (C=O) groups is 2. The van der Waals surface area contributed by atoms with Crippen molar-refractivity contribution in [3.05, 3.63) is 114 Å². The van der Waals surface area contributed by atoms with Crippen molar-refractivity contribution >= 4 is 35.0 Å². The summed E-state index contributed by atoms with van der Waals surface area (Å²) in [5, 5.41) is 5.11. The molecule has 4 aromatic rings. The fraction of sp³-hybridized carbons (Fsp3) is 0.0714. The largest absolute Gasteiger partial charge is 0.454 e. The normalized spacial score (nSPS) is 12.6. The molecule has 0 saturated carbocycles. The maximum Gasteiger partial charge on any atom is 0.258 e. The van der Waals surface area contributed by atoms with Crippen LogP contribution >= 0.6 is 11.8 Å². The molecule has 0 spiro atoms. The molecular formula is C28H21FN2O4S. The Bertz CT molecular complexity index is 1410. The summed E-state index contributed by atoms with van der Waals surface area (Å²) < 4.78 is 24.7. The summed E-state index contributed by atoms with van der Waals surface area (Å²) in [4.78, 5) is 26.7. The van der Waals surface area contributed by atoms with E-state index < -0.39 is 17.0 Å². The fourth-order valence-corrected chi connectivity index (χ4v) is 4.79. The van der Waals surface area contributed by atoms with E-state index in [1.807, 2.05) is 36.4 Å². The van der Waals surface area contributed by atoms with Crippen molar-refractivity contribution in [1.82, 2.24) is 0 Å². The smallest absolute Gasteiger partial charge is 0.258 e. The molecule has 4 aromatic carbocycles. The van der Waals surface area contributed by atoms with Crippen LogP contribution in [-0.2, 0) is 4.79 Å². The van der Waals surface area contributed by atoms with E-state index in [9.17, 15) is 14.0 Å². The molecule has 8 heteroatoms. The minimum Gasteiger partial charge on any atom is -0.454 e.